The Balaban J connectivity index is 1.35. The van der Waals surface area contributed by atoms with E-state index in [1.54, 1.807) is 18.2 Å². The zero-order valence-corrected chi connectivity index (χ0v) is 15.8. The number of carbonyl (C=O) groups excluding carboxylic acids is 1. The molecule has 146 valence electrons. The molecular formula is C22H23F2N3O. The number of anilines is 1. The molecular weight excluding hydrogens is 360 g/mol. The van der Waals surface area contributed by atoms with Gasteiger partial charge in [-0.25, -0.2) is 8.78 Å². The van der Waals surface area contributed by atoms with Gasteiger partial charge in [0.1, 0.15) is 11.6 Å². The second kappa shape index (κ2) is 7.62. The Morgan fingerprint density at radius 3 is 2.39 bits per heavy atom. The summed E-state index contributed by atoms with van der Waals surface area (Å²) in [5.74, 6) is -0.377. The van der Waals surface area contributed by atoms with Crippen molar-refractivity contribution < 1.29 is 13.6 Å². The van der Waals surface area contributed by atoms with Gasteiger partial charge >= 0.3 is 0 Å². The lowest BCUT2D eigenvalue weighted by atomic mass is 10.0. The molecule has 28 heavy (non-hydrogen) atoms. The fourth-order valence-electron chi connectivity index (χ4n) is 3.94. The third kappa shape index (κ3) is 3.72. The van der Waals surface area contributed by atoms with Gasteiger partial charge in [-0.1, -0.05) is 0 Å². The van der Waals surface area contributed by atoms with E-state index in [0.29, 0.717) is 25.9 Å². The van der Waals surface area contributed by atoms with Crippen LogP contribution >= 0.6 is 0 Å². The lowest BCUT2D eigenvalue weighted by molar-refractivity contribution is -0.131. The summed E-state index contributed by atoms with van der Waals surface area (Å²) in [7, 11) is 0. The number of aryl methyl sites for hydroxylation is 2. The van der Waals surface area contributed by atoms with Crippen LogP contribution in [-0.4, -0.2) is 42.0 Å². The van der Waals surface area contributed by atoms with Crippen LogP contribution in [0.4, 0.5) is 14.5 Å². The van der Waals surface area contributed by atoms with Crippen molar-refractivity contribution in [1.29, 1.82) is 0 Å². The van der Waals surface area contributed by atoms with E-state index >= 15 is 0 Å². The van der Waals surface area contributed by atoms with Crippen molar-refractivity contribution >= 4 is 22.5 Å². The monoisotopic (exact) mass is 383 g/mol. The van der Waals surface area contributed by atoms with Crippen molar-refractivity contribution in [2.45, 2.75) is 19.8 Å². The first-order chi connectivity index (χ1) is 13.5. The van der Waals surface area contributed by atoms with Crippen molar-refractivity contribution in [3.8, 4) is 0 Å². The number of amides is 1. The molecule has 0 spiro atoms. The summed E-state index contributed by atoms with van der Waals surface area (Å²) in [4.78, 5) is 19.9. The van der Waals surface area contributed by atoms with E-state index in [-0.39, 0.29) is 17.5 Å². The number of hydrogen-bond acceptors (Lipinski definition) is 2. The molecule has 4 rings (SSSR count). The van der Waals surface area contributed by atoms with Crippen LogP contribution in [0.2, 0.25) is 0 Å². The zero-order valence-electron chi connectivity index (χ0n) is 15.8. The van der Waals surface area contributed by atoms with Gasteiger partial charge < -0.3 is 14.8 Å². The van der Waals surface area contributed by atoms with E-state index in [2.05, 4.69) is 9.88 Å². The zero-order chi connectivity index (χ0) is 19.7. The number of halogens is 2. The number of rotatable bonds is 4. The fraction of sp³-hybridized carbons (Fsp3) is 0.318. The topological polar surface area (TPSA) is 39.3 Å². The third-order valence-corrected chi connectivity index (χ3v) is 5.49. The minimum Gasteiger partial charge on any atom is -0.368 e. The number of piperazine rings is 1. The lowest BCUT2D eigenvalue weighted by Gasteiger charge is -2.36. The van der Waals surface area contributed by atoms with Crippen LogP contribution in [0.1, 0.15) is 17.7 Å². The van der Waals surface area contributed by atoms with Gasteiger partial charge in [0.25, 0.3) is 0 Å². The predicted molar refractivity (Wildman–Crippen MR) is 107 cm³/mol. The minimum atomic E-state index is -0.268. The SMILES string of the molecule is Cc1[nH]c2cc(F)ccc2c1CCC(=O)N1CCN(c2ccc(F)cc2)CC1. The number of aromatic nitrogens is 1. The first-order valence-electron chi connectivity index (χ1n) is 9.56. The normalized spacial score (nSPS) is 14.7. The molecule has 4 nitrogen and oxygen atoms in total. The third-order valence-electron chi connectivity index (χ3n) is 5.49. The first-order valence-corrected chi connectivity index (χ1v) is 9.56. The number of nitrogens with one attached hydrogen (secondary N) is 1. The standard InChI is InChI=1S/C22H23F2N3O/c1-15-19(20-7-4-17(24)14-21(20)25-15)8-9-22(28)27-12-10-26(11-13-27)18-5-2-16(23)3-6-18/h2-7,14,25H,8-13H2,1H3. The van der Waals surface area contributed by atoms with E-state index < -0.39 is 0 Å². The molecule has 0 bridgehead atoms. The van der Waals surface area contributed by atoms with Crippen molar-refractivity contribution in [3.05, 3.63) is 65.4 Å². The van der Waals surface area contributed by atoms with Crippen LogP contribution in [-0.2, 0) is 11.2 Å². The molecule has 3 aromatic rings. The molecule has 0 aliphatic carbocycles. The van der Waals surface area contributed by atoms with Gasteiger partial charge in [-0.2, -0.15) is 0 Å². The quantitative estimate of drug-likeness (QED) is 0.739. The maximum Gasteiger partial charge on any atom is 0.223 e. The van der Waals surface area contributed by atoms with Gasteiger partial charge in [-0.3, -0.25) is 4.79 Å². The molecule has 0 radical (unpaired) electrons. The van der Waals surface area contributed by atoms with E-state index in [1.165, 1.54) is 24.3 Å². The minimum absolute atomic E-state index is 0.134. The van der Waals surface area contributed by atoms with Gasteiger partial charge in [0.05, 0.1) is 0 Å². The Bertz CT molecular complexity index is 989. The van der Waals surface area contributed by atoms with Gasteiger partial charge in [0.15, 0.2) is 0 Å². The predicted octanol–water partition coefficient (Wildman–Crippen LogP) is 4.04. The second-order valence-corrected chi connectivity index (χ2v) is 7.26. The fourth-order valence-corrected chi connectivity index (χ4v) is 3.94. The van der Waals surface area contributed by atoms with E-state index in [9.17, 15) is 13.6 Å². The van der Waals surface area contributed by atoms with Gasteiger partial charge in [0.2, 0.25) is 5.91 Å². The van der Waals surface area contributed by atoms with Crippen molar-refractivity contribution in [3.63, 3.8) is 0 Å². The van der Waals surface area contributed by atoms with Gasteiger partial charge in [-0.05, 0) is 61.4 Å². The highest BCUT2D eigenvalue weighted by atomic mass is 19.1. The highest BCUT2D eigenvalue weighted by molar-refractivity contribution is 5.85. The molecule has 1 aliphatic rings. The lowest BCUT2D eigenvalue weighted by Crippen LogP contribution is -2.48. The van der Waals surface area contributed by atoms with E-state index in [0.717, 1.165) is 40.9 Å². The maximum atomic E-state index is 13.4. The van der Waals surface area contributed by atoms with E-state index in [4.69, 9.17) is 0 Å². The van der Waals surface area contributed by atoms with Crippen molar-refractivity contribution in [1.82, 2.24) is 9.88 Å². The number of hydrogen-bond donors (Lipinski definition) is 1. The summed E-state index contributed by atoms with van der Waals surface area (Å²) in [6, 6.07) is 11.2. The summed E-state index contributed by atoms with van der Waals surface area (Å²) < 4.78 is 26.5. The summed E-state index contributed by atoms with van der Waals surface area (Å²) in [5, 5.41) is 0.979. The molecule has 0 atom stereocenters. The average Bonchev–Trinajstić information content (AvgIpc) is 3.01. The molecule has 2 heterocycles. The van der Waals surface area contributed by atoms with Crippen LogP contribution < -0.4 is 4.90 Å². The van der Waals surface area contributed by atoms with Crippen LogP contribution in [0.25, 0.3) is 10.9 Å². The molecule has 0 saturated carbocycles. The molecule has 1 aliphatic heterocycles. The Morgan fingerprint density at radius 1 is 1.00 bits per heavy atom. The molecule has 0 unspecified atom stereocenters. The van der Waals surface area contributed by atoms with Crippen molar-refractivity contribution in [2.24, 2.45) is 0 Å². The highest BCUT2D eigenvalue weighted by Gasteiger charge is 2.22. The van der Waals surface area contributed by atoms with Crippen LogP contribution in [0.5, 0.6) is 0 Å². The maximum absolute atomic E-state index is 13.4. The molecule has 6 heteroatoms. The van der Waals surface area contributed by atoms with Crippen LogP contribution in [0.15, 0.2) is 42.5 Å². The second-order valence-electron chi connectivity index (χ2n) is 7.26. The Morgan fingerprint density at radius 2 is 1.68 bits per heavy atom. The summed E-state index contributed by atoms with van der Waals surface area (Å²) >= 11 is 0. The smallest absolute Gasteiger partial charge is 0.223 e. The molecule has 2 aromatic carbocycles. The number of H-pyrrole nitrogens is 1. The Kier molecular flexibility index (Phi) is 5.03. The highest BCUT2D eigenvalue weighted by Crippen LogP contribution is 2.25. The summed E-state index contributed by atoms with van der Waals surface area (Å²) in [6.07, 6.45) is 1.07. The Labute approximate surface area is 162 Å². The molecule has 1 N–H and O–H groups in total. The number of aromatic amines is 1. The number of fused-ring (bicyclic) bond motifs is 1. The van der Waals surface area contributed by atoms with Gasteiger partial charge in [-0.15, -0.1) is 0 Å². The summed E-state index contributed by atoms with van der Waals surface area (Å²) in [5.41, 5.74) is 3.81. The summed E-state index contributed by atoms with van der Waals surface area (Å²) in [6.45, 7) is 4.76. The van der Waals surface area contributed by atoms with Crippen LogP contribution in [0, 0.1) is 18.6 Å². The molecule has 1 amide bonds. The van der Waals surface area contributed by atoms with Crippen molar-refractivity contribution in [2.75, 3.05) is 31.1 Å². The first kappa shape index (κ1) is 18.5. The number of benzene rings is 2. The van der Waals surface area contributed by atoms with Gasteiger partial charge in [0, 0.05) is 54.9 Å². The number of carbonyl (C=O) groups is 1. The molecule has 1 fully saturated rings. The Hall–Kier alpha value is -2.89. The molecule has 1 saturated heterocycles. The molecule has 1 aromatic heterocycles. The van der Waals surface area contributed by atoms with E-state index in [1.807, 2.05) is 11.8 Å². The average molecular weight is 383 g/mol. The largest absolute Gasteiger partial charge is 0.368 e. The number of nitrogens with zero attached hydrogens (tertiary/aromatic N) is 2. The van der Waals surface area contributed by atoms with Crippen LogP contribution in [0.3, 0.4) is 0 Å².